The lowest BCUT2D eigenvalue weighted by atomic mass is 10.2. The van der Waals surface area contributed by atoms with E-state index < -0.39 is 0 Å². The summed E-state index contributed by atoms with van der Waals surface area (Å²) in [6, 6.07) is 7.70. The Balaban J connectivity index is 2.36. The normalized spacial score (nSPS) is 19.7. The number of aryl methyl sites for hydroxylation is 1. The standard InChI is InChI=1S/C12H12N2OS/c1-8-6-7-14-10-5-3-2-4-9(10)11(15)13-12(14)16-8/h2-5,8H,6-7H2,1H3/t8-/m1/s1. The number of para-hydroxylation sites is 1. The van der Waals surface area contributed by atoms with Gasteiger partial charge in [-0.1, -0.05) is 30.8 Å². The smallest absolute Gasteiger partial charge is 0.281 e. The number of benzene rings is 1. The predicted molar refractivity (Wildman–Crippen MR) is 65.9 cm³/mol. The molecule has 1 aromatic carbocycles. The molecular formula is C12H12N2OS. The average molecular weight is 232 g/mol. The molecule has 2 heterocycles. The highest BCUT2D eigenvalue weighted by Gasteiger charge is 2.18. The van der Waals surface area contributed by atoms with Crippen LogP contribution in [0.5, 0.6) is 0 Å². The zero-order valence-electron chi connectivity index (χ0n) is 9.01. The van der Waals surface area contributed by atoms with E-state index in [0.29, 0.717) is 5.25 Å². The van der Waals surface area contributed by atoms with Gasteiger partial charge >= 0.3 is 0 Å². The van der Waals surface area contributed by atoms with Crippen LogP contribution in [-0.4, -0.2) is 14.8 Å². The molecule has 0 fully saturated rings. The number of nitrogens with zero attached hydrogens (tertiary/aromatic N) is 2. The maximum absolute atomic E-state index is 11.8. The highest BCUT2D eigenvalue weighted by molar-refractivity contribution is 7.99. The molecule has 0 saturated heterocycles. The van der Waals surface area contributed by atoms with Crippen LogP contribution in [0.3, 0.4) is 0 Å². The maximum Gasteiger partial charge on any atom is 0.281 e. The molecule has 0 aliphatic carbocycles. The average Bonchev–Trinajstić information content (AvgIpc) is 2.29. The van der Waals surface area contributed by atoms with Crippen LogP contribution in [-0.2, 0) is 6.54 Å². The summed E-state index contributed by atoms with van der Waals surface area (Å²) in [5.74, 6) is 0. The molecule has 0 amide bonds. The Labute approximate surface area is 97.5 Å². The SMILES string of the molecule is C[C@@H]1CCn2c(nc(=O)c3ccccc32)S1. The van der Waals surface area contributed by atoms with Gasteiger partial charge in [-0.3, -0.25) is 4.79 Å². The van der Waals surface area contributed by atoms with Gasteiger partial charge in [0.25, 0.3) is 5.56 Å². The van der Waals surface area contributed by atoms with Crippen LogP contribution in [0.25, 0.3) is 10.9 Å². The van der Waals surface area contributed by atoms with Crippen LogP contribution in [0, 0.1) is 0 Å². The van der Waals surface area contributed by atoms with Gasteiger partial charge in [-0.15, -0.1) is 0 Å². The van der Waals surface area contributed by atoms with Gasteiger partial charge in [-0.25, -0.2) is 0 Å². The van der Waals surface area contributed by atoms with Gasteiger partial charge in [-0.05, 0) is 18.6 Å². The van der Waals surface area contributed by atoms with E-state index in [4.69, 9.17) is 0 Å². The van der Waals surface area contributed by atoms with Gasteiger partial charge < -0.3 is 4.57 Å². The highest BCUT2D eigenvalue weighted by atomic mass is 32.2. The van der Waals surface area contributed by atoms with E-state index in [2.05, 4.69) is 16.5 Å². The predicted octanol–water partition coefficient (Wildman–Crippen LogP) is 2.28. The van der Waals surface area contributed by atoms with Crippen molar-refractivity contribution in [2.45, 2.75) is 30.3 Å². The molecule has 4 heteroatoms. The number of hydrogen-bond acceptors (Lipinski definition) is 3. The summed E-state index contributed by atoms with van der Waals surface area (Å²) in [6.07, 6.45) is 1.13. The lowest BCUT2D eigenvalue weighted by Crippen LogP contribution is -2.22. The molecule has 0 unspecified atom stereocenters. The molecule has 1 atom stereocenters. The molecule has 16 heavy (non-hydrogen) atoms. The van der Waals surface area contributed by atoms with Crippen molar-refractivity contribution in [2.24, 2.45) is 0 Å². The molecule has 1 aliphatic rings. The highest BCUT2D eigenvalue weighted by Crippen LogP contribution is 2.30. The van der Waals surface area contributed by atoms with Gasteiger partial charge in [0.1, 0.15) is 0 Å². The van der Waals surface area contributed by atoms with E-state index in [1.165, 1.54) is 0 Å². The fourth-order valence-electron chi connectivity index (χ4n) is 2.06. The number of aromatic nitrogens is 2. The fourth-order valence-corrected chi connectivity index (χ4v) is 3.09. The van der Waals surface area contributed by atoms with Crippen molar-refractivity contribution >= 4 is 22.7 Å². The van der Waals surface area contributed by atoms with E-state index in [9.17, 15) is 4.79 Å². The Hall–Kier alpha value is -1.29. The van der Waals surface area contributed by atoms with Gasteiger partial charge in [0, 0.05) is 11.8 Å². The molecule has 82 valence electrons. The third kappa shape index (κ3) is 1.45. The molecule has 0 radical (unpaired) electrons. The first-order valence-electron chi connectivity index (χ1n) is 5.42. The van der Waals surface area contributed by atoms with Crippen molar-refractivity contribution in [3.8, 4) is 0 Å². The van der Waals surface area contributed by atoms with Crippen LogP contribution < -0.4 is 5.56 Å². The Bertz CT molecular complexity index is 605. The summed E-state index contributed by atoms with van der Waals surface area (Å²) in [7, 11) is 0. The first-order valence-corrected chi connectivity index (χ1v) is 6.30. The zero-order chi connectivity index (χ0) is 11.1. The fraction of sp³-hybridized carbons (Fsp3) is 0.333. The van der Waals surface area contributed by atoms with Crippen molar-refractivity contribution < 1.29 is 0 Å². The van der Waals surface area contributed by atoms with Crippen molar-refractivity contribution in [3.63, 3.8) is 0 Å². The third-order valence-electron chi connectivity index (χ3n) is 2.92. The lowest BCUT2D eigenvalue weighted by Gasteiger charge is -2.23. The summed E-state index contributed by atoms with van der Waals surface area (Å²) < 4.78 is 2.15. The lowest BCUT2D eigenvalue weighted by molar-refractivity contribution is 0.567. The maximum atomic E-state index is 11.8. The Morgan fingerprint density at radius 1 is 1.44 bits per heavy atom. The van der Waals surface area contributed by atoms with Gasteiger partial charge in [-0.2, -0.15) is 4.98 Å². The summed E-state index contributed by atoms with van der Waals surface area (Å²) in [5, 5.41) is 2.14. The summed E-state index contributed by atoms with van der Waals surface area (Å²) >= 11 is 1.69. The number of thioether (sulfide) groups is 1. The molecule has 3 rings (SSSR count). The van der Waals surface area contributed by atoms with Crippen LogP contribution in [0.1, 0.15) is 13.3 Å². The minimum Gasteiger partial charge on any atom is -0.320 e. The summed E-state index contributed by atoms with van der Waals surface area (Å²) in [5.41, 5.74) is 0.903. The second-order valence-electron chi connectivity index (χ2n) is 4.09. The number of hydrogen-bond donors (Lipinski definition) is 0. The van der Waals surface area contributed by atoms with E-state index in [1.807, 2.05) is 24.3 Å². The molecule has 0 bridgehead atoms. The topological polar surface area (TPSA) is 34.9 Å². The van der Waals surface area contributed by atoms with Crippen molar-refractivity contribution in [3.05, 3.63) is 34.6 Å². The molecule has 2 aromatic rings. The monoisotopic (exact) mass is 232 g/mol. The molecule has 1 aromatic heterocycles. The minimum atomic E-state index is -0.108. The molecule has 0 spiro atoms. The number of fused-ring (bicyclic) bond motifs is 3. The van der Waals surface area contributed by atoms with Crippen molar-refractivity contribution in [2.75, 3.05) is 0 Å². The first-order chi connectivity index (χ1) is 7.75. The van der Waals surface area contributed by atoms with Crippen LogP contribution in [0.4, 0.5) is 0 Å². The van der Waals surface area contributed by atoms with E-state index in [0.717, 1.165) is 29.0 Å². The third-order valence-corrected chi connectivity index (χ3v) is 4.08. The molecule has 0 N–H and O–H groups in total. The van der Waals surface area contributed by atoms with E-state index in [-0.39, 0.29) is 5.56 Å². The van der Waals surface area contributed by atoms with Gasteiger partial charge in [0.05, 0.1) is 10.9 Å². The number of rotatable bonds is 0. The van der Waals surface area contributed by atoms with Crippen LogP contribution in [0.2, 0.25) is 0 Å². The van der Waals surface area contributed by atoms with Gasteiger partial charge in [0.2, 0.25) is 0 Å². The molecular weight excluding hydrogens is 220 g/mol. The zero-order valence-corrected chi connectivity index (χ0v) is 9.83. The molecule has 1 aliphatic heterocycles. The Morgan fingerprint density at radius 3 is 3.12 bits per heavy atom. The largest absolute Gasteiger partial charge is 0.320 e. The van der Waals surface area contributed by atoms with Gasteiger partial charge in [0.15, 0.2) is 5.16 Å². The molecule has 0 saturated carbocycles. The van der Waals surface area contributed by atoms with Crippen molar-refractivity contribution in [1.82, 2.24) is 9.55 Å². The van der Waals surface area contributed by atoms with E-state index >= 15 is 0 Å². The Kier molecular flexibility index (Phi) is 2.24. The summed E-state index contributed by atoms with van der Waals surface area (Å²) in [6.45, 7) is 3.13. The molecule has 3 nitrogen and oxygen atoms in total. The van der Waals surface area contributed by atoms with Crippen molar-refractivity contribution in [1.29, 1.82) is 0 Å². The van der Waals surface area contributed by atoms with E-state index in [1.54, 1.807) is 11.8 Å². The second-order valence-corrected chi connectivity index (χ2v) is 5.49. The second kappa shape index (κ2) is 3.63. The van der Waals surface area contributed by atoms with Crippen LogP contribution in [0.15, 0.2) is 34.2 Å². The Morgan fingerprint density at radius 2 is 2.25 bits per heavy atom. The summed E-state index contributed by atoms with van der Waals surface area (Å²) in [4.78, 5) is 16.0. The first kappa shape index (κ1) is 9.90. The van der Waals surface area contributed by atoms with Crippen LogP contribution >= 0.6 is 11.8 Å². The minimum absolute atomic E-state index is 0.108. The quantitative estimate of drug-likeness (QED) is 0.654.